The molecule has 0 aliphatic heterocycles. The highest BCUT2D eigenvalue weighted by Gasteiger charge is 1.96. The van der Waals surface area contributed by atoms with E-state index in [1.807, 2.05) is 6.08 Å². The SMILES string of the molecule is C=CCCCOCc1cccc(CNCCC)c1. The number of nitrogens with one attached hydrogen (secondary N) is 1. The molecule has 0 aliphatic carbocycles. The molecule has 1 aromatic carbocycles. The summed E-state index contributed by atoms with van der Waals surface area (Å²) in [5.41, 5.74) is 2.58. The maximum atomic E-state index is 5.63. The Balaban J connectivity index is 2.27. The highest BCUT2D eigenvalue weighted by atomic mass is 16.5. The van der Waals surface area contributed by atoms with Crippen molar-refractivity contribution in [3.63, 3.8) is 0 Å². The number of unbranched alkanes of at least 4 members (excludes halogenated alkanes) is 1. The average Bonchev–Trinajstić information content (AvgIpc) is 2.39. The number of hydrogen-bond acceptors (Lipinski definition) is 2. The number of rotatable bonds is 10. The van der Waals surface area contributed by atoms with Gasteiger partial charge in [0.25, 0.3) is 0 Å². The number of hydrogen-bond donors (Lipinski definition) is 1. The third-order valence-corrected chi connectivity index (χ3v) is 2.71. The molecule has 0 amide bonds. The van der Waals surface area contributed by atoms with Crippen LogP contribution in [0.3, 0.4) is 0 Å². The van der Waals surface area contributed by atoms with Crippen molar-refractivity contribution in [3.05, 3.63) is 48.0 Å². The molecule has 1 rings (SSSR count). The molecular formula is C16H25NO. The summed E-state index contributed by atoms with van der Waals surface area (Å²) in [6, 6.07) is 8.60. The Morgan fingerprint density at radius 2 is 2.17 bits per heavy atom. The van der Waals surface area contributed by atoms with Crippen LogP contribution >= 0.6 is 0 Å². The average molecular weight is 247 g/mol. The molecule has 0 radical (unpaired) electrons. The lowest BCUT2D eigenvalue weighted by atomic mass is 10.1. The molecular weight excluding hydrogens is 222 g/mol. The number of ether oxygens (including phenoxy) is 1. The Morgan fingerprint density at radius 1 is 1.33 bits per heavy atom. The Bertz CT molecular complexity index is 336. The number of benzene rings is 1. The molecule has 0 unspecified atom stereocenters. The summed E-state index contributed by atoms with van der Waals surface area (Å²) in [4.78, 5) is 0. The Morgan fingerprint density at radius 3 is 2.94 bits per heavy atom. The maximum absolute atomic E-state index is 5.63. The van der Waals surface area contributed by atoms with E-state index in [1.54, 1.807) is 0 Å². The molecule has 0 bridgehead atoms. The van der Waals surface area contributed by atoms with Gasteiger partial charge in [-0.25, -0.2) is 0 Å². The van der Waals surface area contributed by atoms with Crippen LogP contribution in [0.1, 0.15) is 37.3 Å². The van der Waals surface area contributed by atoms with E-state index in [4.69, 9.17) is 4.74 Å². The van der Waals surface area contributed by atoms with E-state index in [1.165, 1.54) is 17.5 Å². The predicted octanol–water partition coefficient (Wildman–Crippen LogP) is 3.67. The van der Waals surface area contributed by atoms with Crippen LogP contribution < -0.4 is 5.32 Å². The molecule has 1 aromatic rings. The topological polar surface area (TPSA) is 21.3 Å². The van der Waals surface area contributed by atoms with Crippen LogP contribution in [0.15, 0.2) is 36.9 Å². The fourth-order valence-corrected chi connectivity index (χ4v) is 1.76. The van der Waals surface area contributed by atoms with Gasteiger partial charge in [0.2, 0.25) is 0 Å². The third-order valence-electron chi connectivity index (χ3n) is 2.71. The Labute approximate surface area is 111 Å². The van der Waals surface area contributed by atoms with Crippen molar-refractivity contribution in [2.75, 3.05) is 13.2 Å². The lowest BCUT2D eigenvalue weighted by Gasteiger charge is -2.07. The largest absolute Gasteiger partial charge is 0.377 e. The van der Waals surface area contributed by atoms with E-state index < -0.39 is 0 Å². The normalized spacial score (nSPS) is 10.5. The van der Waals surface area contributed by atoms with Crippen LogP contribution in [0.2, 0.25) is 0 Å². The van der Waals surface area contributed by atoms with E-state index in [2.05, 4.69) is 43.1 Å². The molecule has 18 heavy (non-hydrogen) atoms. The van der Waals surface area contributed by atoms with Crippen molar-refractivity contribution in [2.24, 2.45) is 0 Å². The van der Waals surface area contributed by atoms with Crippen LogP contribution in [0.4, 0.5) is 0 Å². The second-order valence-electron chi connectivity index (χ2n) is 4.48. The molecule has 0 aliphatic rings. The first-order valence-electron chi connectivity index (χ1n) is 6.84. The van der Waals surface area contributed by atoms with E-state index in [9.17, 15) is 0 Å². The number of allylic oxidation sites excluding steroid dienone is 1. The molecule has 0 fully saturated rings. The summed E-state index contributed by atoms with van der Waals surface area (Å²) in [6.45, 7) is 9.41. The fraction of sp³-hybridized carbons (Fsp3) is 0.500. The predicted molar refractivity (Wildman–Crippen MR) is 77.5 cm³/mol. The first-order valence-corrected chi connectivity index (χ1v) is 6.84. The van der Waals surface area contributed by atoms with E-state index >= 15 is 0 Å². The van der Waals surface area contributed by atoms with Crippen LogP contribution in [0, 0.1) is 0 Å². The van der Waals surface area contributed by atoms with E-state index in [0.29, 0.717) is 6.61 Å². The molecule has 0 saturated carbocycles. The quantitative estimate of drug-likeness (QED) is 0.503. The third kappa shape index (κ3) is 6.58. The van der Waals surface area contributed by atoms with Gasteiger partial charge in [0.05, 0.1) is 6.61 Å². The minimum absolute atomic E-state index is 0.707. The Hall–Kier alpha value is -1.12. The van der Waals surface area contributed by atoms with Gasteiger partial charge >= 0.3 is 0 Å². The second kappa shape index (κ2) is 9.86. The van der Waals surface area contributed by atoms with Crippen molar-refractivity contribution in [3.8, 4) is 0 Å². The van der Waals surface area contributed by atoms with Crippen LogP contribution in [-0.2, 0) is 17.9 Å². The summed E-state index contributed by atoms with van der Waals surface area (Å²) >= 11 is 0. The first-order chi connectivity index (χ1) is 8.86. The van der Waals surface area contributed by atoms with Crippen molar-refractivity contribution in [1.82, 2.24) is 5.32 Å². The minimum Gasteiger partial charge on any atom is -0.377 e. The second-order valence-corrected chi connectivity index (χ2v) is 4.48. The molecule has 100 valence electrons. The molecule has 0 heterocycles. The fourth-order valence-electron chi connectivity index (χ4n) is 1.76. The van der Waals surface area contributed by atoms with Gasteiger partial charge < -0.3 is 10.1 Å². The van der Waals surface area contributed by atoms with Gasteiger partial charge in [0.1, 0.15) is 0 Å². The summed E-state index contributed by atoms with van der Waals surface area (Å²) in [6.07, 6.45) is 5.19. The van der Waals surface area contributed by atoms with Crippen LogP contribution in [-0.4, -0.2) is 13.2 Å². The maximum Gasteiger partial charge on any atom is 0.0716 e. The van der Waals surface area contributed by atoms with Gasteiger partial charge in [-0.3, -0.25) is 0 Å². The van der Waals surface area contributed by atoms with Crippen molar-refractivity contribution in [2.45, 2.75) is 39.3 Å². The molecule has 0 saturated heterocycles. The minimum atomic E-state index is 0.707. The van der Waals surface area contributed by atoms with Gasteiger partial charge in [-0.15, -0.1) is 6.58 Å². The van der Waals surface area contributed by atoms with Gasteiger partial charge in [0, 0.05) is 13.2 Å². The van der Waals surface area contributed by atoms with Gasteiger partial charge in [0.15, 0.2) is 0 Å². The van der Waals surface area contributed by atoms with E-state index in [-0.39, 0.29) is 0 Å². The molecule has 2 heteroatoms. The smallest absolute Gasteiger partial charge is 0.0716 e. The standard InChI is InChI=1S/C16H25NO/c1-3-5-6-11-18-14-16-9-7-8-15(12-16)13-17-10-4-2/h3,7-9,12,17H,1,4-6,10-11,13-14H2,2H3. The van der Waals surface area contributed by atoms with Gasteiger partial charge in [-0.1, -0.05) is 37.3 Å². The molecule has 2 nitrogen and oxygen atoms in total. The Kier molecular flexibility index (Phi) is 8.19. The van der Waals surface area contributed by atoms with Crippen molar-refractivity contribution in [1.29, 1.82) is 0 Å². The first kappa shape index (κ1) is 14.9. The lowest BCUT2D eigenvalue weighted by Crippen LogP contribution is -2.13. The molecule has 0 aromatic heterocycles. The summed E-state index contributed by atoms with van der Waals surface area (Å²) in [5, 5.41) is 3.41. The summed E-state index contributed by atoms with van der Waals surface area (Å²) < 4.78 is 5.63. The molecule has 0 atom stereocenters. The van der Waals surface area contributed by atoms with E-state index in [0.717, 1.165) is 32.5 Å². The molecule has 0 spiro atoms. The van der Waals surface area contributed by atoms with Crippen LogP contribution in [0.5, 0.6) is 0 Å². The molecule has 1 N–H and O–H groups in total. The van der Waals surface area contributed by atoms with Crippen molar-refractivity contribution >= 4 is 0 Å². The van der Waals surface area contributed by atoms with Crippen molar-refractivity contribution < 1.29 is 4.74 Å². The zero-order chi connectivity index (χ0) is 13.1. The highest BCUT2D eigenvalue weighted by molar-refractivity contribution is 5.22. The van der Waals surface area contributed by atoms with Gasteiger partial charge in [-0.05, 0) is 36.9 Å². The van der Waals surface area contributed by atoms with Gasteiger partial charge in [-0.2, -0.15) is 0 Å². The van der Waals surface area contributed by atoms with Crippen LogP contribution in [0.25, 0.3) is 0 Å². The monoisotopic (exact) mass is 247 g/mol. The summed E-state index contributed by atoms with van der Waals surface area (Å²) in [5.74, 6) is 0. The zero-order valence-electron chi connectivity index (χ0n) is 11.5. The zero-order valence-corrected chi connectivity index (χ0v) is 11.5. The lowest BCUT2D eigenvalue weighted by molar-refractivity contribution is 0.119. The summed E-state index contributed by atoms with van der Waals surface area (Å²) in [7, 11) is 0. The highest BCUT2D eigenvalue weighted by Crippen LogP contribution is 2.07.